The molecule has 8 heteroatoms. The Balaban J connectivity index is 1.72. The molecule has 3 aromatic rings. The fourth-order valence-electron chi connectivity index (χ4n) is 5.49. The zero-order valence-corrected chi connectivity index (χ0v) is 29.0. The molecular weight excluding hydrogens is 706 g/mol. The number of hydrogen-bond acceptors (Lipinski definition) is 5. The van der Waals surface area contributed by atoms with Crippen LogP contribution in [-0.4, -0.2) is 48.3 Å². The number of anilines is 5. The van der Waals surface area contributed by atoms with Crippen molar-refractivity contribution in [3.63, 3.8) is 0 Å². The fraction of sp³-hybridized carbons (Fsp3) is 0.250. The van der Waals surface area contributed by atoms with E-state index in [1.165, 1.54) is 47.1 Å². The molecule has 3 aliphatic heterocycles. The van der Waals surface area contributed by atoms with Crippen LogP contribution in [0, 0.1) is 0 Å². The van der Waals surface area contributed by atoms with Crippen LogP contribution in [0.15, 0.2) is 91.5 Å². The van der Waals surface area contributed by atoms with Crippen LogP contribution in [0.1, 0.15) is 0 Å². The van der Waals surface area contributed by atoms with Crippen molar-refractivity contribution in [3.8, 4) is 0 Å². The molecule has 0 saturated carbocycles. The van der Waals surface area contributed by atoms with E-state index >= 15 is 0 Å². The summed E-state index contributed by atoms with van der Waals surface area (Å²) in [7, 11) is 0.952. The molecule has 3 aromatic carbocycles. The normalized spacial score (nSPS) is 17.1. The van der Waals surface area contributed by atoms with Gasteiger partial charge in [-0.1, -0.05) is 0 Å². The van der Waals surface area contributed by atoms with Gasteiger partial charge in [-0.2, -0.15) is 0 Å². The molecule has 210 valence electrons. The third-order valence-corrected chi connectivity index (χ3v) is 15.3. The summed E-state index contributed by atoms with van der Waals surface area (Å²) in [6.07, 6.45) is 8.83. The first-order valence-electron chi connectivity index (χ1n) is 13.8. The number of para-hydroxylation sites is 1. The van der Waals surface area contributed by atoms with Gasteiger partial charge in [-0.25, -0.2) is 0 Å². The van der Waals surface area contributed by atoms with Gasteiger partial charge >= 0.3 is 250 Å². The molecule has 0 aliphatic carbocycles. The second-order valence-corrected chi connectivity index (χ2v) is 25.4. The van der Waals surface area contributed by atoms with Crippen molar-refractivity contribution in [1.82, 2.24) is 9.80 Å². The van der Waals surface area contributed by atoms with Crippen LogP contribution in [0.5, 0.6) is 0 Å². The minimum atomic E-state index is -1.70. The first-order chi connectivity index (χ1) is 18.9. The molecule has 0 unspecified atom stereocenters. The van der Waals surface area contributed by atoms with Gasteiger partial charge in [0.1, 0.15) is 0 Å². The molecule has 0 amide bonds. The molecule has 5 nitrogen and oxygen atoms in total. The van der Waals surface area contributed by atoms with Crippen molar-refractivity contribution in [2.24, 2.45) is 0 Å². The van der Waals surface area contributed by atoms with Crippen molar-refractivity contribution in [2.45, 2.75) is 39.3 Å². The molecule has 0 spiro atoms. The zero-order chi connectivity index (χ0) is 28.4. The Bertz CT molecular complexity index is 1510. The van der Waals surface area contributed by atoms with Crippen LogP contribution >= 0.6 is 0 Å². The predicted octanol–water partition coefficient (Wildman–Crippen LogP) is 5.96. The van der Waals surface area contributed by atoms with E-state index in [1.807, 2.05) is 0 Å². The van der Waals surface area contributed by atoms with E-state index in [-0.39, 0.29) is 0 Å². The first kappa shape index (κ1) is 27.2. The molecule has 0 fully saturated rings. The van der Waals surface area contributed by atoms with Crippen LogP contribution in [0.4, 0.5) is 28.4 Å². The van der Waals surface area contributed by atoms with Crippen LogP contribution in [0.25, 0.3) is 0 Å². The Hall–Kier alpha value is -3.00. The molecule has 4 bridgehead atoms. The molecule has 3 heterocycles. The summed E-state index contributed by atoms with van der Waals surface area (Å²) in [6, 6.07) is 25.4. The monoisotopic (exact) mass is 744 g/mol. The van der Waals surface area contributed by atoms with E-state index in [9.17, 15) is 0 Å². The van der Waals surface area contributed by atoms with Gasteiger partial charge in [-0.3, -0.25) is 0 Å². The van der Waals surface area contributed by atoms with Gasteiger partial charge in [-0.15, -0.1) is 0 Å². The van der Waals surface area contributed by atoms with Gasteiger partial charge in [-0.05, 0) is 0 Å². The van der Waals surface area contributed by atoms with E-state index in [0.29, 0.717) is 0 Å². The summed E-state index contributed by atoms with van der Waals surface area (Å²) in [5.74, 6) is 0. The van der Waals surface area contributed by atoms with Crippen LogP contribution < -0.4 is 25.1 Å². The SMILES string of the molecule is CN1C=CN2[C]1=[Pt]=[C]1N(C)C=CN1c1cccc(c1)N(c1c([Si](C)(C)C)cccc1[Si](C)(C)C)c1cccc2c1. The Morgan fingerprint density at radius 3 is 1.35 bits per heavy atom. The van der Waals surface area contributed by atoms with Crippen LogP contribution in [0.3, 0.4) is 0 Å². The number of nitrogens with zero attached hydrogens (tertiary/aromatic N) is 5. The third kappa shape index (κ3) is 4.68. The molecule has 6 rings (SSSR count). The van der Waals surface area contributed by atoms with Gasteiger partial charge in [0.25, 0.3) is 0 Å². The molecule has 40 heavy (non-hydrogen) atoms. The van der Waals surface area contributed by atoms with E-state index in [2.05, 4.69) is 169 Å². The summed E-state index contributed by atoms with van der Waals surface area (Å²) in [5.41, 5.74) is 6.22. The fourth-order valence-corrected chi connectivity index (χ4v) is 11.8. The minimum absolute atomic E-state index is 0.487. The second kappa shape index (κ2) is 9.83. The molecule has 3 aliphatic rings. The summed E-state index contributed by atoms with van der Waals surface area (Å²) in [5, 5.41) is 3.03. The van der Waals surface area contributed by atoms with Crippen molar-refractivity contribution in [2.75, 3.05) is 28.8 Å². The van der Waals surface area contributed by atoms with Gasteiger partial charge in [0.2, 0.25) is 0 Å². The Labute approximate surface area is 249 Å². The van der Waals surface area contributed by atoms with Gasteiger partial charge in [0.15, 0.2) is 0 Å². The van der Waals surface area contributed by atoms with Crippen LogP contribution in [-0.2, 0) is 17.6 Å². The second-order valence-electron chi connectivity index (χ2n) is 12.7. The van der Waals surface area contributed by atoms with Gasteiger partial charge in [0.05, 0.1) is 0 Å². The predicted molar refractivity (Wildman–Crippen MR) is 176 cm³/mol. The van der Waals surface area contributed by atoms with Crippen molar-refractivity contribution < 1.29 is 17.6 Å². The molecule has 0 aromatic heterocycles. The topological polar surface area (TPSA) is 16.2 Å². The molecule has 0 radical (unpaired) electrons. The van der Waals surface area contributed by atoms with Crippen LogP contribution in [0.2, 0.25) is 39.3 Å². The van der Waals surface area contributed by atoms with Crippen molar-refractivity contribution >= 4 is 63.2 Å². The summed E-state index contributed by atoms with van der Waals surface area (Å²) in [4.78, 5) is 11.9. The molecule has 0 atom stereocenters. The summed E-state index contributed by atoms with van der Waals surface area (Å²) >= 11 is -0.487. The van der Waals surface area contributed by atoms with E-state index in [4.69, 9.17) is 0 Å². The maximum absolute atomic E-state index is 2.57. The Morgan fingerprint density at radius 2 is 0.925 bits per heavy atom. The average molecular weight is 745 g/mol. The average Bonchev–Trinajstić information content (AvgIpc) is 3.45. The first-order valence-corrected chi connectivity index (χ1v) is 23.1. The van der Waals surface area contributed by atoms with E-state index in [0.717, 1.165) is 0 Å². The molecular formula is C32H39N5PtSi2. The third-order valence-electron chi connectivity index (χ3n) is 7.53. The summed E-state index contributed by atoms with van der Waals surface area (Å²) in [6.45, 7) is 14.9. The number of fused-ring (bicyclic) bond motifs is 8. The standard InChI is InChI=1S/C32H39N5Si2.Pt/c1-33-18-20-35(24-33)26-12-9-14-28(22-26)37(29-15-10-13-27(23-29)36-21-19-34(2)25-36)32-30(38(3,4)5)16-11-17-31(32)39(6,7)8;/h9-23H,1-8H3;. The molecule has 0 N–H and O–H groups in total. The van der Waals surface area contributed by atoms with Gasteiger partial charge < -0.3 is 0 Å². The zero-order valence-electron chi connectivity index (χ0n) is 24.7. The van der Waals surface area contributed by atoms with Crippen molar-refractivity contribution in [3.05, 3.63) is 91.5 Å². The Morgan fingerprint density at radius 1 is 0.525 bits per heavy atom. The number of hydrogen-bond donors (Lipinski definition) is 0. The number of rotatable bonds is 3. The van der Waals surface area contributed by atoms with E-state index < -0.39 is 33.8 Å². The summed E-state index contributed by atoms with van der Waals surface area (Å²) < 4.78 is 2.70. The maximum atomic E-state index is 2.57. The quantitative estimate of drug-likeness (QED) is 0.307. The van der Waals surface area contributed by atoms with E-state index in [1.54, 1.807) is 0 Å². The Kier molecular flexibility index (Phi) is 6.68. The number of benzene rings is 3. The van der Waals surface area contributed by atoms with Gasteiger partial charge in [0, 0.05) is 0 Å². The molecule has 0 saturated heterocycles. The van der Waals surface area contributed by atoms with Crippen molar-refractivity contribution in [1.29, 1.82) is 0 Å².